The summed E-state index contributed by atoms with van der Waals surface area (Å²) in [6, 6.07) is 12.3. The molecule has 3 aromatic carbocycles. The summed E-state index contributed by atoms with van der Waals surface area (Å²) in [5, 5.41) is 7.57. The van der Waals surface area contributed by atoms with Gasteiger partial charge in [-0.2, -0.15) is 0 Å². The lowest BCUT2D eigenvalue weighted by atomic mass is 9.76. The third kappa shape index (κ3) is 8.15. The molecule has 4 aliphatic rings. The van der Waals surface area contributed by atoms with Crippen molar-refractivity contribution in [1.82, 2.24) is 40.4 Å². The third-order valence-electron chi connectivity index (χ3n) is 13.9. The van der Waals surface area contributed by atoms with Gasteiger partial charge in [0.05, 0.1) is 55.8 Å². The number of nitrogens with zero attached hydrogens (tertiary/aromatic N) is 4. The second-order valence-corrected chi connectivity index (χ2v) is 18.7. The molecule has 2 fully saturated rings. The van der Waals surface area contributed by atoms with E-state index in [-0.39, 0.29) is 41.8 Å². The molecule has 1 aliphatic carbocycles. The van der Waals surface area contributed by atoms with Crippen molar-refractivity contribution in [2.75, 3.05) is 34.5 Å². The van der Waals surface area contributed by atoms with E-state index in [9.17, 15) is 19.2 Å². The average Bonchev–Trinajstić information content (AvgIpc) is 4.15. The number of fused-ring (bicyclic) bond motifs is 6. The van der Waals surface area contributed by atoms with Gasteiger partial charge in [-0.05, 0) is 84.9 Å². The number of amides is 4. The molecule has 66 heavy (non-hydrogen) atoms. The Morgan fingerprint density at radius 2 is 1.73 bits per heavy atom. The molecule has 3 aliphatic heterocycles. The zero-order valence-electron chi connectivity index (χ0n) is 38.5. The Morgan fingerprint density at radius 1 is 0.924 bits per heavy atom. The molecule has 5 aromatic rings. The first-order chi connectivity index (χ1) is 31.8. The highest BCUT2D eigenvalue weighted by Gasteiger charge is 2.46. The first kappa shape index (κ1) is 44.5. The minimum absolute atomic E-state index is 0.0336. The van der Waals surface area contributed by atoms with Crippen LogP contribution in [-0.2, 0) is 30.4 Å². The smallest absolute Gasteiger partial charge is 0.407 e. The molecular weight excluding hydrogens is 841 g/mol. The highest BCUT2D eigenvalue weighted by Crippen LogP contribution is 2.45. The van der Waals surface area contributed by atoms with E-state index < -0.39 is 29.7 Å². The molecule has 2 saturated heterocycles. The van der Waals surface area contributed by atoms with E-state index in [1.54, 1.807) is 7.11 Å². The zero-order chi connectivity index (χ0) is 46.4. The summed E-state index contributed by atoms with van der Waals surface area (Å²) in [4.78, 5) is 74.0. The number of ether oxygens (including phenoxy) is 4. The van der Waals surface area contributed by atoms with Gasteiger partial charge in [-0.3, -0.25) is 9.59 Å². The number of likely N-dealkylation sites (tertiary alicyclic amines) is 2. The molecule has 1 unspecified atom stereocenters. The van der Waals surface area contributed by atoms with Crippen LogP contribution in [0.3, 0.4) is 0 Å². The fourth-order valence-corrected chi connectivity index (χ4v) is 10.4. The van der Waals surface area contributed by atoms with Crippen molar-refractivity contribution in [3.63, 3.8) is 0 Å². The Balaban J connectivity index is 0.974. The molecule has 7 atom stereocenters. The number of carbonyl (C=O) groups excluding carboxylic acids is 4. The molecule has 5 heterocycles. The summed E-state index contributed by atoms with van der Waals surface area (Å²) in [5.74, 6) is 1.71. The molecule has 4 amide bonds. The van der Waals surface area contributed by atoms with Crippen molar-refractivity contribution in [3.8, 4) is 28.1 Å². The number of imidazole rings is 2. The standard InChI is InChI=1S/C50H58N8O8/c1-27(2)41(55-48(61)64-6)46(59)58-28(3)11-16-38(58)45-52-36-15-13-30-21-35-33-14-12-31(20-32(33)26-66-40(35)22-34(30)42(36)54-45)37-23-51-44(53-37)39-19-29(25-63-5)24-57(39)47(60)43(56-49(62)65-7)50(4)17-9-8-10-18-50/h8-10,12-15,17,20-23,27-29,38-39,41,43H,11,16,18-19,24-26H2,1-7H3,(H,51,53)(H,52,54)(H,55,61)(H,56,62)/t28-,29-,38-,39-,41-,43-,50?/m0/s1. The lowest BCUT2D eigenvalue weighted by Crippen LogP contribution is -2.56. The Morgan fingerprint density at radius 3 is 2.47 bits per heavy atom. The number of hydrogen-bond donors (Lipinski definition) is 4. The van der Waals surface area contributed by atoms with E-state index in [0.29, 0.717) is 44.2 Å². The first-order valence-corrected chi connectivity index (χ1v) is 22.7. The molecule has 346 valence electrons. The molecule has 16 nitrogen and oxygen atoms in total. The van der Waals surface area contributed by atoms with E-state index in [1.807, 2.05) is 74.1 Å². The number of rotatable bonds is 11. The minimum atomic E-state index is -0.862. The van der Waals surface area contributed by atoms with Crippen LogP contribution in [0.5, 0.6) is 5.75 Å². The van der Waals surface area contributed by atoms with Crippen LogP contribution in [0, 0.1) is 17.3 Å². The number of benzene rings is 3. The van der Waals surface area contributed by atoms with Crippen LogP contribution in [-0.4, -0.2) is 106 Å². The van der Waals surface area contributed by atoms with Crippen molar-refractivity contribution in [2.45, 2.75) is 90.2 Å². The molecule has 0 spiro atoms. The van der Waals surface area contributed by atoms with Crippen LogP contribution < -0.4 is 15.4 Å². The Labute approximate surface area is 383 Å². The van der Waals surface area contributed by atoms with Gasteiger partial charge in [0, 0.05) is 42.0 Å². The predicted octanol–water partition coefficient (Wildman–Crippen LogP) is 7.88. The molecule has 2 aromatic heterocycles. The number of methoxy groups -OCH3 is 3. The Kier molecular flexibility index (Phi) is 12.1. The van der Waals surface area contributed by atoms with E-state index in [0.717, 1.165) is 68.3 Å². The summed E-state index contributed by atoms with van der Waals surface area (Å²) in [6.07, 6.45) is 11.1. The van der Waals surface area contributed by atoms with Crippen molar-refractivity contribution in [2.24, 2.45) is 17.3 Å². The average molecular weight is 899 g/mol. The maximum absolute atomic E-state index is 14.6. The highest BCUT2D eigenvalue weighted by molar-refractivity contribution is 6.07. The molecule has 0 saturated carbocycles. The predicted molar refractivity (Wildman–Crippen MR) is 248 cm³/mol. The number of aromatic nitrogens is 4. The normalized spacial score (nSPS) is 23.1. The largest absolute Gasteiger partial charge is 0.488 e. The number of aromatic amines is 2. The van der Waals surface area contributed by atoms with Gasteiger partial charge in [-0.25, -0.2) is 19.6 Å². The van der Waals surface area contributed by atoms with Crippen molar-refractivity contribution < 1.29 is 38.1 Å². The topological polar surface area (TPSA) is 193 Å². The van der Waals surface area contributed by atoms with Gasteiger partial charge in [0.25, 0.3) is 0 Å². The molecule has 4 N–H and O–H groups in total. The zero-order valence-corrected chi connectivity index (χ0v) is 38.5. The second kappa shape index (κ2) is 17.9. The summed E-state index contributed by atoms with van der Waals surface area (Å²) < 4.78 is 21.8. The molecular formula is C50H58N8O8. The lowest BCUT2D eigenvalue weighted by Gasteiger charge is -2.38. The third-order valence-corrected chi connectivity index (χ3v) is 13.9. The summed E-state index contributed by atoms with van der Waals surface area (Å²) in [6.45, 7) is 9.12. The van der Waals surface area contributed by atoms with Gasteiger partial charge in [0.1, 0.15) is 36.1 Å². The molecule has 9 rings (SSSR count). The quantitative estimate of drug-likeness (QED) is 0.101. The fourth-order valence-electron chi connectivity index (χ4n) is 10.4. The van der Waals surface area contributed by atoms with Gasteiger partial charge in [0.15, 0.2) is 0 Å². The van der Waals surface area contributed by atoms with Crippen LogP contribution in [0.15, 0.2) is 73.0 Å². The van der Waals surface area contributed by atoms with Crippen LogP contribution in [0.2, 0.25) is 0 Å². The lowest BCUT2D eigenvalue weighted by molar-refractivity contribution is -0.138. The van der Waals surface area contributed by atoms with Gasteiger partial charge in [-0.15, -0.1) is 0 Å². The second-order valence-electron chi connectivity index (χ2n) is 18.7. The SMILES string of the molecule is COC[C@H]1C[C@@H](c2ncc(-c3ccc4c(c3)COc3cc5c(ccc6nc([C@@H]7CC[C@H](C)N7C(=O)[C@@H](NC(=O)OC)C(C)C)[nH]c65)cc3-4)[nH]2)N(C(=O)[C@H](NC(=O)OC)C2(C)C=CC=CC2)C1. The van der Waals surface area contributed by atoms with Crippen molar-refractivity contribution in [3.05, 3.63) is 90.2 Å². The van der Waals surface area contributed by atoms with Crippen LogP contribution in [0.25, 0.3) is 44.2 Å². The Hall–Kier alpha value is -6.68. The molecule has 0 bridgehead atoms. The van der Waals surface area contributed by atoms with Crippen LogP contribution in [0.4, 0.5) is 9.59 Å². The molecule has 0 radical (unpaired) electrons. The number of H-pyrrole nitrogens is 2. The highest BCUT2D eigenvalue weighted by atomic mass is 16.5. The van der Waals surface area contributed by atoms with Gasteiger partial charge in [0.2, 0.25) is 11.8 Å². The summed E-state index contributed by atoms with van der Waals surface area (Å²) in [7, 11) is 4.25. The van der Waals surface area contributed by atoms with Crippen LogP contribution in [0.1, 0.15) is 82.7 Å². The Bertz CT molecular complexity index is 2760. The monoisotopic (exact) mass is 898 g/mol. The number of nitrogens with one attached hydrogen (secondary N) is 4. The summed E-state index contributed by atoms with van der Waals surface area (Å²) >= 11 is 0. The van der Waals surface area contributed by atoms with Gasteiger partial charge >= 0.3 is 12.2 Å². The van der Waals surface area contributed by atoms with Crippen molar-refractivity contribution >= 4 is 45.8 Å². The van der Waals surface area contributed by atoms with Gasteiger partial charge in [-0.1, -0.05) is 63.3 Å². The van der Waals surface area contributed by atoms with Crippen LogP contribution >= 0.6 is 0 Å². The number of hydrogen-bond acceptors (Lipinski definition) is 10. The van der Waals surface area contributed by atoms with E-state index >= 15 is 0 Å². The number of carbonyl (C=O) groups is 4. The fraction of sp³-hybridized carbons (Fsp3) is 0.440. The number of allylic oxidation sites excluding steroid dienone is 3. The minimum Gasteiger partial charge on any atom is -0.488 e. The van der Waals surface area contributed by atoms with E-state index in [4.69, 9.17) is 28.9 Å². The van der Waals surface area contributed by atoms with Crippen molar-refractivity contribution in [1.29, 1.82) is 0 Å². The van der Waals surface area contributed by atoms with E-state index in [2.05, 4.69) is 57.0 Å². The maximum atomic E-state index is 14.6. The first-order valence-electron chi connectivity index (χ1n) is 22.7. The summed E-state index contributed by atoms with van der Waals surface area (Å²) in [5.41, 5.74) is 5.83. The van der Waals surface area contributed by atoms with Gasteiger partial charge < -0.3 is 49.3 Å². The van der Waals surface area contributed by atoms with E-state index in [1.165, 1.54) is 14.2 Å². The molecule has 16 heteroatoms. The number of alkyl carbamates (subject to hydrolysis) is 2. The maximum Gasteiger partial charge on any atom is 0.407 e.